The lowest BCUT2D eigenvalue weighted by molar-refractivity contribution is -0.0559. The first-order valence-electron chi connectivity index (χ1n) is 4.93. The van der Waals surface area contributed by atoms with Gasteiger partial charge in [-0.2, -0.15) is 0 Å². The van der Waals surface area contributed by atoms with Gasteiger partial charge < -0.3 is 0 Å². The average molecular weight is 235 g/mol. The van der Waals surface area contributed by atoms with Crippen LogP contribution < -0.4 is 4.90 Å². The zero-order valence-electron chi connectivity index (χ0n) is 9.14. The van der Waals surface area contributed by atoms with E-state index in [1.807, 2.05) is 30.3 Å². The second-order valence-electron chi connectivity index (χ2n) is 4.17. The number of amidine groups is 1. The molecule has 1 heterocycles. The lowest BCUT2D eigenvalue weighted by Crippen LogP contribution is -2.41. The molecule has 16 heavy (non-hydrogen) atoms. The Morgan fingerprint density at radius 3 is 2.25 bits per heavy atom. The standard InChI is InChI=1S/C11H13N3OS/c1-11(2)9(12)13(10(16)14(11)15)8-6-4-3-5-7-8/h3-7,12,15H,1-2H3. The van der Waals surface area contributed by atoms with Gasteiger partial charge in [0.1, 0.15) is 11.4 Å². The summed E-state index contributed by atoms with van der Waals surface area (Å²) in [4.78, 5) is 1.56. The molecule has 2 rings (SSSR count). The Morgan fingerprint density at radius 1 is 1.25 bits per heavy atom. The molecule has 1 aromatic rings. The summed E-state index contributed by atoms with van der Waals surface area (Å²) in [6.07, 6.45) is 0. The largest absolute Gasteiger partial charge is 0.286 e. The van der Waals surface area contributed by atoms with Gasteiger partial charge in [-0.15, -0.1) is 0 Å². The molecule has 1 saturated heterocycles. The number of rotatable bonds is 1. The maximum atomic E-state index is 9.84. The van der Waals surface area contributed by atoms with Crippen LogP contribution in [0.2, 0.25) is 0 Å². The zero-order valence-corrected chi connectivity index (χ0v) is 9.95. The second kappa shape index (κ2) is 3.54. The fourth-order valence-electron chi connectivity index (χ4n) is 1.62. The van der Waals surface area contributed by atoms with Crippen LogP contribution in [0, 0.1) is 5.41 Å². The molecule has 1 aliphatic heterocycles. The molecule has 0 spiro atoms. The van der Waals surface area contributed by atoms with Crippen molar-refractivity contribution in [3.8, 4) is 0 Å². The summed E-state index contributed by atoms with van der Waals surface area (Å²) < 4.78 is 0. The van der Waals surface area contributed by atoms with Crippen molar-refractivity contribution < 1.29 is 5.21 Å². The summed E-state index contributed by atoms with van der Waals surface area (Å²) in [6, 6.07) is 9.36. The van der Waals surface area contributed by atoms with Gasteiger partial charge in [-0.25, -0.2) is 5.06 Å². The molecule has 0 saturated carbocycles. The first-order valence-corrected chi connectivity index (χ1v) is 5.34. The number of thiocarbonyl (C=S) groups is 1. The molecule has 1 fully saturated rings. The molecule has 0 atom stereocenters. The van der Waals surface area contributed by atoms with Crippen molar-refractivity contribution in [2.75, 3.05) is 4.90 Å². The van der Waals surface area contributed by atoms with Crippen LogP contribution in [0.5, 0.6) is 0 Å². The maximum Gasteiger partial charge on any atom is 0.206 e. The quantitative estimate of drug-likeness (QED) is 0.733. The highest BCUT2D eigenvalue weighted by Crippen LogP contribution is 2.30. The van der Waals surface area contributed by atoms with E-state index >= 15 is 0 Å². The molecule has 1 aliphatic rings. The van der Waals surface area contributed by atoms with Crippen LogP contribution in [0.1, 0.15) is 13.8 Å². The lowest BCUT2D eigenvalue weighted by Gasteiger charge is -2.23. The van der Waals surface area contributed by atoms with Crippen LogP contribution in [0.15, 0.2) is 30.3 Å². The summed E-state index contributed by atoms with van der Waals surface area (Å²) in [7, 11) is 0. The molecular weight excluding hydrogens is 222 g/mol. The van der Waals surface area contributed by atoms with Crippen molar-refractivity contribution in [3.63, 3.8) is 0 Å². The molecule has 4 nitrogen and oxygen atoms in total. The number of nitrogens with one attached hydrogen (secondary N) is 1. The highest BCUT2D eigenvalue weighted by atomic mass is 32.1. The van der Waals surface area contributed by atoms with E-state index in [0.29, 0.717) is 0 Å². The van der Waals surface area contributed by atoms with Crippen LogP contribution in [-0.2, 0) is 0 Å². The van der Waals surface area contributed by atoms with Crippen molar-refractivity contribution in [1.29, 1.82) is 5.41 Å². The molecule has 5 heteroatoms. The highest BCUT2D eigenvalue weighted by Gasteiger charge is 2.46. The molecule has 0 unspecified atom stereocenters. The number of anilines is 1. The van der Waals surface area contributed by atoms with Crippen molar-refractivity contribution in [3.05, 3.63) is 30.3 Å². The number of hydrogen-bond donors (Lipinski definition) is 2. The Kier molecular flexibility index (Phi) is 2.44. The maximum absolute atomic E-state index is 9.84. The van der Waals surface area contributed by atoms with E-state index in [1.165, 1.54) is 0 Å². The average Bonchev–Trinajstić information content (AvgIpc) is 2.42. The van der Waals surface area contributed by atoms with Crippen LogP contribution in [0.25, 0.3) is 0 Å². The predicted octanol–water partition coefficient (Wildman–Crippen LogP) is 2.24. The zero-order chi connectivity index (χ0) is 11.9. The fraction of sp³-hybridized carbons (Fsp3) is 0.273. The van der Waals surface area contributed by atoms with E-state index in [4.69, 9.17) is 17.6 Å². The van der Waals surface area contributed by atoms with Crippen LogP contribution >= 0.6 is 12.2 Å². The van der Waals surface area contributed by atoms with Gasteiger partial charge in [-0.3, -0.25) is 15.5 Å². The Balaban J connectivity index is 2.45. The first-order chi connectivity index (χ1) is 7.46. The fourth-order valence-corrected chi connectivity index (χ4v) is 2.04. The van der Waals surface area contributed by atoms with E-state index < -0.39 is 5.54 Å². The van der Waals surface area contributed by atoms with Crippen molar-refractivity contribution >= 4 is 28.9 Å². The summed E-state index contributed by atoms with van der Waals surface area (Å²) in [5, 5.41) is 19.1. The number of hydrogen-bond acceptors (Lipinski definition) is 3. The number of para-hydroxylation sites is 1. The summed E-state index contributed by atoms with van der Waals surface area (Å²) >= 11 is 5.13. The summed E-state index contributed by atoms with van der Waals surface area (Å²) in [5.41, 5.74) is 0.00884. The number of nitrogens with zero attached hydrogens (tertiary/aromatic N) is 2. The molecule has 0 aliphatic carbocycles. The van der Waals surface area contributed by atoms with Gasteiger partial charge in [0.2, 0.25) is 5.11 Å². The monoisotopic (exact) mass is 235 g/mol. The minimum absolute atomic E-state index is 0.237. The molecule has 0 radical (unpaired) electrons. The van der Waals surface area contributed by atoms with E-state index in [9.17, 15) is 5.21 Å². The number of hydroxylamine groups is 2. The lowest BCUT2D eigenvalue weighted by atomic mass is 10.1. The van der Waals surface area contributed by atoms with Crippen LogP contribution in [-0.4, -0.2) is 26.8 Å². The summed E-state index contributed by atoms with van der Waals surface area (Å²) in [5.74, 6) is 0.270. The smallest absolute Gasteiger partial charge is 0.206 e. The third-order valence-corrected chi connectivity index (χ3v) is 3.08. The minimum Gasteiger partial charge on any atom is -0.286 e. The summed E-state index contributed by atoms with van der Waals surface area (Å²) in [6.45, 7) is 3.51. The van der Waals surface area contributed by atoms with Gasteiger partial charge in [0.25, 0.3) is 0 Å². The van der Waals surface area contributed by atoms with E-state index in [2.05, 4.69) is 0 Å². The highest BCUT2D eigenvalue weighted by molar-refractivity contribution is 7.80. The Labute approximate surface area is 99.6 Å². The van der Waals surface area contributed by atoms with Gasteiger partial charge in [-0.1, -0.05) is 18.2 Å². The topological polar surface area (TPSA) is 50.6 Å². The van der Waals surface area contributed by atoms with Crippen molar-refractivity contribution in [2.45, 2.75) is 19.4 Å². The van der Waals surface area contributed by atoms with Crippen molar-refractivity contribution in [2.24, 2.45) is 0 Å². The normalized spacial score (nSPS) is 19.4. The first kappa shape index (κ1) is 11.0. The van der Waals surface area contributed by atoms with Gasteiger partial charge in [0, 0.05) is 5.69 Å². The molecule has 0 bridgehead atoms. The molecular formula is C11H13N3OS. The number of benzene rings is 1. The van der Waals surface area contributed by atoms with Gasteiger partial charge in [-0.05, 0) is 38.2 Å². The van der Waals surface area contributed by atoms with Crippen molar-refractivity contribution in [1.82, 2.24) is 5.06 Å². The third kappa shape index (κ3) is 1.40. The van der Waals surface area contributed by atoms with Crippen LogP contribution in [0.3, 0.4) is 0 Å². The molecule has 1 aromatic carbocycles. The van der Waals surface area contributed by atoms with Gasteiger partial charge in [0.05, 0.1) is 0 Å². The SMILES string of the molecule is CC1(C)C(=N)N(c2ccccc2)C(=S)N1O. The third-order valence-electron chi connectivity index (χ3n) is 2.72. The van der Waals surface area contributed by atoms with E-state index in [-0.39, 0.29) is 10.9 Å². The molecule has 0 amide bonds. The Hall–Kier alpha value is -1.46. The molecule has 2 N–H and O–H groups in total. The van der Waals surface area contributed by atoms with Gasteiger partial charge >= 0.3 is 0 Å². The molecule has 84 valence electrons. The van der Waals surface area contributed by atoms with E-state index in [0.717, 1.165) is 10.8 Å². The Morgan fingerprint density at radius 2 is 1.81 bits per heavy atom. The Bertz CT molecular complexity index is 444. The van der Waals surface area contributed by atoms with E-state index in [1.54, 1.807) is 18.7 Å². The van der Waals surface area contributed by atoms with Crippen LogP contribution in [0.4, 0.5) is 5.69 Å². The second-order valence-corrected chi connectivity index (χ2v) is 4.54. The minimum atomic E-state index is -0.785. The predicted molar refractivity (Wildman–Crippen MR) is 67.0 cm³/mol. The van der Waals surface area contributed by atoms with Gasteiger partial charge in [0.15, 0.2) is 0 Å². The molecule has 0 aromatic heterocycles.